The zero-order valence-corrected chi connectivity index (χ0v) is 9.90. The molecule has 0 aliphatic rings. The number of hydrogen-bond acceptors (Lipinski definition) is 5. The summed E-state index contributed by atoms with van der Waals surface area (Å²) in [5, 5.41) is 17.7. The predicted octanol–water partition coefficient (Wildman–Crippen LogP) is -0.404. The van der Waals surface area contributed by atoms with Gasteiger partial charge in [-0.15, -0.1) is 0 Å². The van der Waals surface area contributed by atoms with Crippen LogP contribution in [-0.4, -0.2) is 45.0 Å². The van der Waals surface area contributed by atoms with E-state index >= 15 is 0 Å². The van der Waals surface area contributed by atoms with Gasteiger partial charge in [0.15, 0.2) is 11.6 Å². The summed E-state index contributed by atoms with van der Waals surface area (Å²) in [6.45, 7) is -1.08. The molecular formula is C12H12N2O5. The number of carbonyl (C=O) groups is 2. The van der Waals surface area contributed by atoms with Gasteiger partial charge in [0.05, 0.1) is 17.6 Å². The summed E-state index contributed by atoms with van der Waals surface area (Å²) >= 11 is 0. The number of fused-ring (bicyclic) bond motifs is 1. The van der Waals surface area contributed by atoms with E-state index in [0.29, 0.717) is 11.0 Å². The number of imidazole rings is 1. The van der Waals surface area contributed by atoms with E-state index in [1.165, 1.54) is 12.1 Å². The largest absolute Gasteiger partial charge is 0.396 e. The minimum Gasteiger partial charge on any atom is -0.396 e. The summed E-state index contributed by atoms with van der Waals surface area (Å²) in [6.07, 6.45) is -0.133. The Bertz CT molecular complexity index is 698. The number of benzene rings is 1. The Morgan fingerprint density at radius 3 is 2.00 bits per heavy atom. The number of H-pyrrole nitrogens is 2. The number of aliphatic hydroxyl groups excluding tert-OH is 2. The van der Waals surface area contributed by atoms with Crippen molar-refractivity contribution in [3.8, 4) is 0 Å². The van der Waals surface area contributed by atoms with Gasteiger partial charge in [-0.3, -0.25) is 9.59 Å². The summed E-state index contributed by atoms with van der Waals surface area (Å²) in [5.74, 6) is -1.05. The van der Waals surface area contributed by atoms with Gasteiger partial charge in [0.2, 0.25) is 0 Å². The summed E-state index contributed by atoms with van der Waals surface area (Å²) in [6, 6.07) is 2.71. The van der Waals surface area contributed by atoms with E-state index in [-0.39, 0.29) is 24.2 Å². The molecule has 0 amide bonds. The minimum absolute atomic E-state index is 0.0312. The maximum atomic E-state index is 11.8. The Balaban J connectivity index is 2.66. The third kappa shape index (κ3) is 2.47. The second kappa shape index (κ2) is 5.17. The molecule has 0 fully saturated rings. The molecule has 0 saturated carbocycles. The minimum atomic E-state index is -0.737. The molecule has 0 bridgehead atoms. The summed E-state index contributed by atoms with van der Waals surface area (Å²) < 4.78 is 0. The van der Waals surface area contributed by atoms with Gasteiger partial charge in [-0.25, -0.2) is 4.79 Å². The van der Waals surface area contributed by atoms with Crippen LogP contribution < -0.4 is 5.69 Å². The fourth-order valence-corrected chi connectivity index (χ4v) is 1.87. The number of Topliss-reactive ketones (excluding diaryl/α,β-unsaturated/α-hetero) is 2. The molecular weight excluding hydrogens is 252 g/mol. The molecule has 1 aromatic carbocycles. The zero-order chi connectivity index (χ0) is 14.0. The van der Waals surface area contributed by atoms with Crippen molar-refractivity contribution in [2.24, 2.45) is 0 Å². The first-order valence-corrected chi connectivity index (χ1v) is 5.61. The highest BCUT2D eigenvalue weighted by Gasteiger charge is 2.18. The van der Waals surface area contributed by atoms with Gasteiger partial charge in [-0.2, -0.15) is 0 Å². The molecule has 7 heteroatoms. The smallest absolute Gasteiger partial charge is 0.323 e. The highest BCUT2D eigenvalue weighted by atomic mass is 16.3. The molecule has 100 valence electrons. The van der Waals surface area contributed by atoms with E-state index in [2.05, 4.69) is 9.97 Å². The van der Waals surface area contributed by atoms with Crippen LogP contribution in [0.2, 0.25) is 0 Å². The van der Waals surface area contributed by atoms with Crippen LogP contribution in [0.15, 0.2) is 16.9 Å². The topological polar surface area (TPSA) is 123 Å². The lowest BCUT2D eigenvalue weighted by Gasteiger charge is -2.06. The Morgan fingerprint density at radius 2 is 1.53 bits per heavy atom. The Hall–Kier alpha value is -2.25. The molecule has 0 atom stereocenters. The van der Waals surface area contributed by atoms with Gasteiger partial charge in [0.1, 0.15) is 6.61 Å². The molecule has 1 aromatic heterocycles. The van der Waals surface area contributed by atoms with Crippen LogP contribution in [0.4, 0.5) is 0 Å². The molecule has 19 heavy (non-hydrogen) atoms. The van der Waals surface area contributed by atoms with E-state index in [9.17, 15) is 14.4 Å². The molecule has 0 aliphatic heterocycles. The second-order valence-electron chi connectivity index (χ2n) is 4.00. The first-order chi connectivity index (χ1) is 9.06. The van der Waals surface area contributed by atoms with Crippen LogP contribution in [0, 0.1) is 0 Å². The SMILES string of the molecule is O=C(CO)c1cc2[nH]c(=O)[nH]c2cc1C(=O)CCO. The van der Waals surface area contributed by atoms with Crippen LogP contribution >= 0.6 is 0 Å². The van der Waals surface area contributed by atoms with Gasteiger partial charge in [-0.1, -0.05) is 0 Å². The standard InChI is InChI=1S/C12H12N2O5/c15-2-1-10(17)6-3-8-9(14-12(19)13-8)4-7(6)11(18)5-16/h3-4,15-16H,1-2,5H2,(H2,13,14,19). The van der Waals surface area contributed by atoms with E-state index in [4.69, 9.17) is 10.2 Å². The normalized spacial score (nSPS) is 10.8. The number of aromatic amines is 2. The van der Waals surface area contributed by atoms with Crippen molar-refractivity contribution in [3.63, 3.8) is 0 Å². The van der Waals surface area contributed by atoms with Crippen LogP contribution in [0.25, 0.3) is 11.0 Å². The molecule has 4 N–H and O–H groups in total. The second-order valence-corrected chi connectivity index (χ2v) is 4.00. The number of ketones is 2. The molecule has 0 aliphatic carbocycles. The third-order valence-corrected chi connectivity index (χ3v) is 2.74. The van der Waals surface area contributed by atoms with Crippen molar-refractivity contribution in [1.29, 1.82) is 0 Å². The van der Waals surface area contributed by atoms with E-state index in [1.54, 1.807) is 0 Å². The fraction of sp³-hybridized carbons (Fsp3) is 0.250. The lowest BCUT2D eigenvalue weighted by atomic mass is 9.98. The van der Waals surface area contributed by atoms with Crippen LogP contribution in [0.3, 0.4) is 0 Å². The summed E-state index contributed by atoms with van der Waals surface area (Å²) in [4.78, 5) is 39.6. The lowest BCUT2D eigenvalue weighted by Crippen LogP contribution is -2.13. The lowest BCUT2D eigenvalue weighted by molar-refractivity contribution is 0.0887. The van der Waals surface area contributed by atoms with Gasteiger partial charge < -0.3 is 20.2 Å². The number of rotatable bonds is 5. The van der Waals surface area contributed by atoms with Crippen molar-refractivity contribution in [2.75, 3.05) is 13.2 Å². The molecule has 0 radical (unpaired) electrons. The number of aromatic nitrogens is 2. The predicted molar refractivity (Wildman–Crippen MR) is 66.4 cm³/mol. The quantitative estimate of drug-likeness (QED) is 0.547. The number of hydrogen-bond donors (Lipinski definition) is 4. The maximum absolute atomic E-state index is 11.8. The maximum Gasteiger partial charge on any atom is 0.323 e. The van der Waals surface area contributed by atoms with Gasteiger partial charge in [0, 0.05) is 17.5 Å². The van der Waals surface area contributed by atoms with Gasteiger partial charge in [-0.05, 0) is 12.1 Å². The molecule has 1 heterocycles. The van der Waals surface area contributed by atoms with Crippen molar-refractivity contribution >= 4 is 22.6 Å². The number of carbonyl (C=O) groups excluding carboxylic acids is 2. The Morgan fingerprint density at radius 1 is 1.00 bits per heavy atom. The Kier molecular flexibility index (Phi) is 3.59. The first kappa shape index (κ1) is 13.2. The number of aliphatic hydroxyl groups is 2. The van der Waals surface area contributed by atoms with Crippen molar-refractivity contribution in [2.45, 2.75) is 6.42 Å². The molecule has 0 spiro atoms. The summed E-state index contributed by atoms with van der Waals surface area (Å²) in [5.41, 5.74) is 0.423. The first-order valence-electron chi connectivity index (χ1n) is 5.61. The number of nitrogens with one attached hydrogen (secondary N) is 2. The highest BCUT2D eigenvalue weighted by molar-refractivity contribution is 6.11. The molecule has 0 unspecified atom stereocenters. The van der Waals surface area contributed by atoms with Gasteiger partial charge in [0.25, 0.3) is 0 Å². The molecule has 7 nitrogen and oxygen atoms in total. The van der Waals surface area contributed by atoms with Crippen molar-refractivity contribution < 1.29 is 19.8 Å². The highest BCUT2D eigenvalue weighted by Crippen LogP contribution is 2.18. The average Bonchev–Trinajstić information content (AvgIpc) is 2.75. The van der Waals surface area contributed by atoms with Crippen molar-refractivity contribution in [1.82, 2.24) is 9.97 Å². The zero-order valence-electron chi connectivity index (χ0n) is 9.90. The third-order valence-electron chi connectivity index (χ3n) is 2.74. The average molecular weight is 264 g/mol. The van der Waals surface area contributed by atoms with E-state index in [0.717, 1.165) is 0 Å². The van der Waals surface area contributed by atoms with Gasteiger partial charge >= 0.3 is 5.69 Å². The van der Waals surface area contributed by atoms with Crippen LogP contribution in [0.5, 0.6) is 0 Å². The summed E-state index contributed by atoms with van der Waals surface area (Å²) in [7, 11) is 0. The van der Waals surface area contributed by atoms with Crippen LogP contribution in [0.1, 0.15) is 27.1 Å². The molecule has 2 aromatic rings. The monoisotopic (exact) mass is 264 g/mol. The molecule has 0 saturated heterocycles. The van der Waals surface area contributed by atoms with Crippen molar-refractivity contribution in [3.05, 3.63) is 33.7 Å². The van der Waals surface area contributed by atoms with Crippen LogP contribution in [-0.2, 0) is 0 Å². The fourth-order valence-electron chi connectivity index (χ4n) is 1.87. The van der Waals surface area contributed by atoms with E-state index in [1.807, 2.05) is 0 Å². The molecule has 2 rings (SSSR count). The Labute approximate surface area is 106 Å². The van der Waals surface area contributed by atoms with E-state index < -0.39 is 23.9 Å².